The maximum Gasteiger partial charge on any atom is 0.329 e. The number of nitrogens with one attached hydrogen (secondary N) is 1. The van der Waals surface area contributed by atoms with Crippen molar-refractivity contribution in [3.63, 3.8) is 0 Å². The Bertz CT molecular complexity index is 369. The summed E-state index contributed by atoms with van der Waals surface area (Å²) in [5.41, 5.74) is 4.25. The SMILES string of the molecule is NCC1(C(=O)NC2(C(=O)O)CCCCC2)CCCCC1. The van der Waals surface area contributed by atoms with Crippen LogP contribution in [0, 0.1) is 5.41 Å². The smallest absolute Gasteiger partial charge is 0.329 e. The lowest BCUT2D eigenvalue weighted by Gasteiger charge is -2.40. The molecular formula is C15H26N2O3. The summed E-state index contributed by atoms with van der Waals surface area (Å²) in [6, 6.07) is 0. The predicted octanol–water partition coefficient (Wildman–Crippen LogP) is 1.80. The molecule has 1 amide bonds. The van der Waals surface area contributed by atoms with E-state index in [9.17, 15) is 14.7 Å². The van der Waals surface area contributed by atoms with Gasteiger partial charge in [0.2, 0.25) is 5.91 Å². The van der Waals surface area contributed by atoms with Crippen LogP contribution in [0.5, 0.6) is 0 Å². The Balaban J connectivity index is 2.13. The molecule has 5 nitrogen and oxygen atoms in total. The number of aliphatic carboxylic acids is 1. The number of carbonyl (C=O) groups is 2. The fourth-order valence-corrected chi connectivity index (χ4v) is 3.65. The largest absolute Gasteiger partial charge is 0.480 e. The van der Waals surface area contributed by atoms with Crippen LogP contribution in [0.4, 0.5) is 0 Å². The summed E-state index contributed by atoms with van der Waals surface area (Å²) in [4.78, 5) is 24.3. The van der Waals surface area contributed by atoms with E-state index in [-0.39, 0.29) is 5.91 Å². The van der Waals surface area contributed by atoms with Crippen molar-refractivity contribution < 1.29 is 14.7 Å². The molecule has 0 spiro atoms. The van der Waals surface area contributed by atoms with E-state index < -0.39 is 16.9 Å². The molecule has 0 bridgehead atoms. The minimum atomic E-state index is -1.06. The molecule has 4 N–H and O–H groups in total. The number of rotatable bonds is 4. The lowest BCUT2D eigenvalue weighted by Crippen LogP contribution is -2.60. The van der Waals surface area contributed by atoms with Crippen LogP contribution in [0.1, 0.15) is 64.2 Å². The predicted molar refractivity (Wildman–Crippen MR) is 76.2 cm³/mol. The van der Waals surface area contributed by atoms with Gasteiger partial charge in [0.1, 0.15) is 5.54 Å². The Labute approximate surface area is 120 Å². The molecule has 0 atom stereocenters. The van der Waals surface area contributed by atoms with Crippen LogP contribution in [-0.4, -0.2) is 29.1 Å². The third-order valence-corrected chi connectivity index (χ3v) is 5.15. The number of carbonyl (C=O) groups excluding carboxylic acids is 1. The zero-order chi connectivity index (χ0) is 14.6. The average molecular weight is 282 g/mol. The molecule has 0 saturated heterocycles. The highest BCUT2D eigenvalue weighted by Crippen LogP contribution is 2.37. The molecular weight excluding hydrogens is 256 g/mol. The number of carboxylic acid groups (broad SMARTS) is 1. The summed E-state index contributed by atoms with van der Waals surface area (Å²) in [7, 11) is 0. The minimum Gasteiger partial charge on any atom is -0.480 e. The molecule has 114 valence electrons. The first-order valence-electron chi connectivity index (χ1n) is 7.81. The zero-order valence-corrected chi connectivity index (χ0v) is 12.1. The summed E-state index contributed by atoms with van der Waals surface area (Å²) in [6.45, 7) is 0.314. The molecule has 0 unspecified atom stereocenters. The van der Waals surface area contributed by atoms with Gasteiger partial charge in [-0.05, 0) is 25.7 Å². The highest BCUT2D eigenvalue weighted by atomic mass is 16.4. The van der Waals surface area contributed by atoms with Gasteiger partial charge in [0.15, 0.2) is 0 Å². The van der Waals surface area contributed by atoms with Crippen molar-refractivity contribution in [2.75, 3.05) is 6.54 Å². The summed E-state index contributed by atoms with van der Waals surface area (Å²) < 4.78 is 0. The molecule has 2 rings (SSSR count). The van der Waals surface area contributed by atoms with Crippen molar-refractivity contribution in [1.82, 2.24) is 5.32 Å². The molecule has 0 aromatic carbocycles. The van der Waals surface area contributed by atoms with E-state index in [0.29, 0.717) is 19.4 Å². The van der Waals surface area contributed by atoms with Gasteiger partial charge in [-0.1, -0.05) is 38.5 Å². The standard InChI is InChI=1S/C15H26N2O3/c16-11-14(7-3-1-4-8-14)12(18)17-15(13(19)20)9-5-2-6-10-15/h1-11,16H2,(H,17,18)(H,19,20). The monoisotopic (exact) mass is 282 g/mol. The first-order chi connectivity index (χ1) is 9.55. The Morgan fingerprint density at radius 1 is 0.950 bits per heavy atom. The molecule has 0 aromatic heterocycles. The number of amides is 1. The number of carboxylic acids is 1. The van der Waals surface area contributed by atoms with Crippen molar-refractivity contribution in [2.45, 2.75) is 69.7 Å². The number of nitrogens with two attached hydrogens (primary N) is 1. The van der Waals surface area contributed by atoms with Gasteiger partial charge in [0.25, 0.3) is 0 Å². The van der Waals surface area contributed by atoms with Gasteiger partial charge in [0.05, 0.1) is 5.41 Å². The molecule has 0 aliphatic heterocycles. The van der Waals surface area contributed by atoms with Gasteiger partial charge in [-0.25, -0.2) is 4.79 Å². The van der Waals surface area contributed by atoms with E-state index in [1.807, 2.05) is 0 Å². The van der Waals surface area contributed by atoms with E-state index >= 15 is 0 Å². The Morgan fingerprint density at radius 3 is 1.90 bits per heavy atom. The van der Waals surface area contributed by atoms with Gasteiger partial charge < -0.3 is 16.2 Å². The van der Waals surface area contributed by atoms with Crippen LogP contribution in [0.25, 0.3) is 0 Å². The fraction of sp³-hybridized carbons (Fsp3) is 0.867. The number of hydrogen-bond donors (Lipinski definition) is 3. The van der Waals surface area contributed by atoms with Gasteiger partial charge in [-0.2, -0.15) is 0 Å². The van der Waals surface area contributed by atoms with E-state index in [4.69, 9.17) is 5.73 Å². The van der Waals surface area contributed by atoms with E-state index in [1.165, 1.54) is 0 Å². The second kappa shape index (κ2) is 6.12. The maximum atomic E-state index is 12.7. The van der Waals surface area contributed by atoms with Crippen LogP contribution in [0.15, 0.2) is 0 Å². The van der Waals surface area contributed by atoms with Crippen molar-refractivity contribution in [1.29, 1.82) is 0 Å². The Kier molecular flexibility index (Phi) is 4.68. The summed E-state index contributed by atoms with van der Waals surface area (Å²) in [5.74, 6) is -1.03. The maximum absolute atomic E-state index is 12.7. The van der Waals surface area contributed by atoms with E-state index in [1.54, 1.807) is 0 Å². The second-order valence-electron chi connectivity index (χ2n) is 6.45. The van der Waals surface area contributed by atoms with Crippen molar-refractivity contribution in [2.24, 2.45) is 11.1 Å². The molecule has 2 saturated carbocycles. The molecule has 2 aliphatic rings. The topological polar surface area (TPSA) is 92.4 Å². The first kappa shape index (κ1) is 15.3. The molecule has 5 heteroatoms. The third kappa shape index (κ3) is 2.82. The van der Waals surface area contributed by atoms with Gasteiger partial charge in [-0.15, -0.1) is 0 Å². The van der Waals surface area contributed by atoms with Crippen LogP contribution < -0.4 is 11.1 Å². The lowest BCUT2D eigenvalue weighted by molar-refractivity contribution is -0.151. The zero-order valence-electron chi connectivity index (χ0n) is 12.1. The summed E-state index contributed by atoms with van der Waals surface area (Å²) >= 11 is 0. The third-order valence-electron chi connectivity index (χ3n) is 5.15. The summed E-state index contributed by atoms with van der Waals surface area (Å²) in [5, 5.41) is 12.4. The average Bonchev–Trinajstić information content (AvgIpc) is 2.48. The molecule has 0 radical (unpaired) electrons. The molecule has 2 fully saturated rings. The Hall–Kier alpha value is -1.10. The number of hydrogen-bond acceptors (Lipinski definition) is 3. The normalized spacial score (nSPS) is 24.9. The fourth-order valence-electron chi connectivity index (χ4n) is 3.65. The molecule has 0 aromatic rings. The van der Waals surface area contributed by atoms with Crippen LogP contribution in [0.2, 0.25) is 0 Å². The van der Waals surface area contributed by atoms with Crippen molar-refractivity contribution in [3.05, 3.63) is 0 Å². The molecule has 0 heterocycles. The van der Waals surface area contributed by atoms with Crippen LogP contribution in [0.3, 0.4) is 0 Å². The first-order valence-corrected chi connectivity index (χ1v) is 7.81. The van der Waals surface area contributed by atoms with Gasteiger partial charge >= 0.3 is 5.97 Å². The molecule has 20 heavy (non-hydrogen) atoms. The van der Waals surface area contributed by atoms with Crippen molar-refractivity contribution >= 4 is 11.9 Å². The van der Waals surface area contributed by atoms with Gasteiger partial charge in [0, 0.05) is 6.54 Å². The summed E-state index contributed by atoms with van der Waals surface area (Å²) in [6.07, 6.45) is 8.56. The van der Waals surface area contributed by atoms with Crippen LogP contribution in [-0.2, 0) is 9.59 Å². The van der Waals surface area contributed by atoms with E-state index in [2.05, 4.69) is 5.32 Å². The van der Waals surface area contributed by atoms with Crippen molar-refractivity contribution in [3.8, 4) is 0 Å². The highest BCUT2D eigenvalue weighted by molar-refractivity contribution is 5.90. The lowest BCUT2D eigenvalue weighted by atomic mass is 9.72. The van der Waals surface area contributed by atoms with E-state index in [0.717, 1.165) is 51.4 Å². The minimum absolute atomic E-state index is 0.135. The van der Waals surface area contributed by atoms with Gasteiger partial charge in [-0.3, -0.25) is 4.79 Å². The quantitative estimate of drug-likeness (QED) is 0.733. The molecule has 2 aliphatic carbocycles. The second-order valence-corrected chi connectivity index (χ2v) is 6.45. The van der Waals surface area contributed by atoms with Crippen LogP contribution >= 0.6 is 0 Å². The Morgan fingerprint density at radius 2 is 1.45 bits per heavy atom. The highest BCUT2D eigenvalue weighted by Gasteiger charge is 2.46.